The van der Waals surface area contributed by atoms with E-state index in [-0.39, 0.29) is 19.2 Å². The molecule has 0 aromatic heterocycles. The van der Waals surface area contributed by atoms with E-state index in [1.165, 1.54) is 11.2 Å². The van der Waals surface area contributed by atoms with E-state index in [0.29, 0.717) is 19.4 Å². The standard InChI is InChI=1S/C15H22N2O4S/c1-22(19,20)14-8-7-13(9-16)17(10-14)15(18)21-11-12-5-3-2-4-6-12/h2-6,13-14H,7-11,16H2,1H3. The quantitative estimate of drug-likeness (QED) is 0.897. The van der Waals surface area contributed by atoms with Crippen molar-refractivity contribution in [2.75, 3.05) is 19.3 Å². The highest BCUT2D eigenvalue weighted by molar-refractivity contribution is 7.91. The van der Waals surface area contributed by atoms with E-state index in [4.69, 9.17) is 10.5 Å². The van der Waals surface area contributed by atoms with Crippen molar-refractivity contribution in [3.05, 3.63) is 35.9 Å². The van der Waals surface area contributed by atoms with Crippen LogP contribution in [0.2, 0.25) is 0 Å². The second-order valence-electron chi connectivity index (χ2n) is 5.61. The zero-order valence-corrected chi connectivity index (χ0v) is 13.5. The highest BCUT2D eigenvalue weighted by atomic mass is 32.2. The third kappa shape index (κ3) is 4.20. The molecule has 6 nitrogen and oxygen atoms in total. The summed E-state index contributed by atoms with van der Waals surface area (Å²) in [5.41, 5.74) is 6.58. The van der Waals surface area contributed by atoms with Gasteiger partial charge in [0.05, 0.1) is 5.25 Å². The lowest BCUT2D eigenvalue weighted by Crippen LogP contribution is -2.53. The number of amides is 1. The number of carbonyl (C=O) groups excluding carboxylic acids is 1. The number of ether oxygens (including phenoxy) is 1. The zero-order valence-electron chi connectivity index (χ0n) is 12.6. The third-order valence-corrected chi connectivity index (χ3v) is 5.58. The van der Waals surface area contributed by atoms with Crippen LogP contribution in [-0.2, 0) is 21.2 Å². The first-order chi connectivity index (χ1) is 10.4. The molecule has 2 N–H and O–H groups in total. The van der Waals surface area contributed by atoms with Gasteiger partial charge >= 0.3 is 6.09 Å². The van der Waals surface area contributed by atoms with E-state index in [9.17, 15) is 13.2 Å². The van der Waals surface area contributed by atoms with Crippen LogP contribution in [-0.4, -0.2) is 50.0 Å². The van der Waals surface area contributed by atoms with Crippen molar-refractivity contribution in [3.8, 4) is 0 Å². The summed E-state index contributed by atoms with van der Waals surface area (Å²) < 4.78 is 28.7. The Balaban J connectivity index is 2.01. The topological polar surface area (TPSA) is 89.7 Å². The van der Waals surface area contributed by atoms with Crippen molar-refractivity contribution >= 4 is 15.9 Å². The Kier molecular flexibility index (Phi) is 5.42. The summed E-state index contributed by atoms with van der Waals surface area (Å²) in [7, 11) is -3.18. The molecule has 1 fully saturated rings. The van der Waals surface area contributed by atoms with Crippen molar-refractivity contribution in [1.29, 1.82) is 0 Å². The van der Waals surface area contributed by atoms with E-state index in [0.717, 1.165) is 5.56 Å². The summed E-state index contributed by atoms with van der Waals surface area (Å²) in [6.45, 7) is 0.613. The molecule has 0 spiro atoms. The van der Waals surface area contributed by atoms with Gasteiger partial charge in [0.1, 0.15) is 6.61 Å². The molecule has 1 heterocycles. The predicted molar refractivity (Wildman–Crippen MR) is 84.0 cm³/mol. The van der Waals surface area contributed by atoms with Gasteiger partial charge in [-0.25, -0.2) is 13.2 Å². The van der Waals surface area contributed by atoms with Crippen molar-refractivity contribution < 1.29 is 17.9 Å². The summed E-state index contributed by atoms with van der Waals surface area (Å²) in [6, 6.07) is 9.18. The molecule has 1 aliphatic heterocycles. The Labute approximate surface area is 131 Å². The number of nitrogens with zero attached hydrogens (tertiary/aromatic N) is 1. The van der Waals surface area contributed by atoms with Crippen LogP contribution in [0, 0.1) is 0 Å². The molecule has 1 aromatic rings. The third-order valence-electron chi connectivity index (χ3n) is 3.98. The van der Waals surface area contributed by atoms with Crippen LogP contribution in [0.5, 0.6) is 0 Å². The summed E-state index contributed by atoms with van der Waals surface area (Å²) in [5.74, 6) is 0. The predicted octanol–water partition coefficient (Wildman–Crippen LogP) is 1.16. The van der Waals surface area contributed by atoms with Gasteiger partial charge in [-0.15, -0.1) is 0 Å². The summed E-state index contributed by atoms with van der Waals surface area (Å²) in [5, 5.41) is -0.542. The molecule has 1 aliphatic rings. The maximum absolute atomic E-state index is 12.3. The summed E-state index contributed by atoms with van der Waals surface area (Å²) >= 11 is 0. The smallest absolute Gasteiger partial charge is 0.410 e. The molecular weight excluding hydrogens is 304 g/mol. The Bertz CT molecular complexity index is 603. The first kappa shape index (κ1) is 16.8. The maximum Gasteiger partial charge on any atom is 0.410 e. The van der Waals surface area contributed by atoms with Gasteiger partial charge in [0, 0.05) is 25.4 Å². The molecule has 2 atom stereocenters. The average molecular weight is 326 g/mol. The molecule has 0 radical (unpaired) electrons. The number of nitrogens with two attached hydrogens (primary N) is 1. The number of rotatable bonds is 4. The largest absolute Gasteiger partial charge is 0.445 e. The minimum atomic E-state index is -3.18. The molecule has 122 valence electrons. The van der Waals surface area contributed by atoms with Crippen LogP contribution in [0.4, 0.5) is 4.79 Å². The highest BCUT2D eigenvalue weighted by Crippen LogP contribution is 2.22. The second-order valence-corrected chi connectivity index (χ2v) is 7.94. The van der Waals surface area contributed by atoms with Crippen molar-refractivity contribution in [2.24, 2.45) is 5.73 Å². The van der Waals surface area contributed by atoms with Crippen LogP contribution in [0.15, 0.2) is 30.3 Å². The van der Waals surface area contributed by atoms with Crippen molar-refractivity contribution in [2.45, 2.75) is 30.7 Å². The van der Waals surface area contributed by atoms with Gasteiger partial charge in [0.2, 0.25) is 0 Å². The van der Waals surface area contributed by atoms with E-state index < -0.39 is 21.2 Å². The number of piperidine rings is 1. The first-order valence-electron chi connectivity index (χ1n) is 7.28. The molecule has 2 unspecified atom stereocenters. The van der Waals surface area contributed by atoms with Gasteiger partial charge in [0.25, 0.3) is 0 Å². The number of likely N-dealkylation sites (tertiary alicyclic amines) is 1. The van der Waals surface area contributed by atoms with Gasteiger partial charge in [-0.1, -0.05) is 30.3 Å². The number of benzene rings is 1. The fourth-order valence-corrected chi connectivity index (χ4v) is 3.61. The monoisotopic (exact) mass is 326 g/mol. The SMILES string of the molecule is CS(=O)(=O)C1CCC(CN)N(C(=O)OCc2ccccc2)C1. The minimum absolute atomic E-state index is 0.147. The van der Waals surface area contributed by atoms with Crippen molar-refractivity contribution in [3.63, 3.8) is 0 Å². The van der Waals surface area contributed by atoms with Gasteiger partial charge in [-0.3, -0.25) is 0 Å². The highest BCUT2D eigenvalue weighted by Gasteiger charge is 2.36. The molecule has 1 amide bonds. The van der Waals surface area contributed by atoms with E-state index >= 15 is 0 Å². The van der Waals surface area contributed by atoms with Gasteiger partial charge in [-0.2, -0.15) is 0 Å². The van der Waals surface area contributed by atoms with Crippen molar-refractivity contribution in [1.82, 2.24) is 4.90 Å². The summed E-state index contributed by atoms with van der Waals surface area (Å²) in [6.07, 6.45) is 1.80. The lowest BCUT2D eigenvalue weighted by Gasteiger charge is -2.37. The number of hydrogen-bond donors (Lipinski definition) is 1. The molecule has 0 aliphatic carbocycles. The molecule has 1 aromatic carbocycles. The fourth-order valence-electron chi connectivity index (χ4n) is 2.61. The zero-order chi connectivity index (χ0) is 16.2. The van der Waals surface area contributed by atoms with Crippen LogP contribution in [0.1, 0.15) is 18.4 Å². The van der Waals surface area contributed by atoms with Gasteiger partial charge in [-0.05, 0) is 18.4 Å². The lowest BCUT2D eigenvalue weighted by molar-refractivity contribution is 0.0707. The number of hydrogen-bond acceptors (Lipinski definition) is 5. The molecule has 0 bridgehead atoms. The molecule has 2 rings (SSSR count). The Morgan fingerprint density at radius 3 is 2.59 bits per heavy atom. The number of carbonyl (C=O) groups is 1. The molecule has 0 saturated carbocycles. The number of sulfone groups is 1. The van der Waals surface area contributed by atoms with E-state index in [1.807, 2.05) is 30.3 Å². The van der Waals surface area contributed by atoms with E-state index in [2.05, 4.69) is 0 Å². The van der Waals surface area contributed by atoms with Crippen LogP contribution in [0.25, 0.3) is 0 Å². The minimum Gasteiger partial charge on any atom is -0.445 e. The van der Waals surface area contributed by atoms with Gasteiger partial charge < -0.3 is 15.4 Å². The Hall–Kier alpha value is -1.60. The molecule has 22 heavy (non-hydrogen) atoms. The van der Waals surface area contributed by atoms with Crippen LogP contribution >= 0.6 is 0 Å². The van der Waals surface area contributed by atoms with Crippen LogP contribution < -0.4 is 5.73 Å². The summed E-state index contributed by atoms with van der Waals surface area (Å²) in [4.78, 5) is 13.7. The second kappa shape index (κ2) is 7.11. The molecule has 1 saturated heterocycles. The molecule has 7 heteroatoms. The first-order valence-corrected chi connectivity index (χ1v) is 9.23. The molecular formula is C15H22N2O4S. The van der Waals surface area contributed by atoms with E-state index in [1.54, 1.807) is 0 Å². The maximum atomic E-state index is 12.3. The fraction of sp³-hybridized carbons (Fsp3) is 0.533. The average Bonchev–Trinajstić information content (AvgIpc) is 2.52. The van der Waals surface area contributed by atoms with Crippen LogP contribution in [0.3, 0.4) is 0 Å². The Morgan fingerprint density at radius 2 is 2.00 bits per heavy atom. The Morgan fingerprint density at radius 1 is 1.32 bits per heavy atom. The lowest BCUT2D eigenvalue weighted by atomic mass is 10.0. The normalized spacial score (nSPS) is 22.4. The van der Waals surface area contributed by atoms with Gasteiger partial charge in [0.15, 0.2) is 9.84 Å².